The molecule has 0 N–H and O–H groups in total. The Kier molecular flexibility index (Phi) is 2.93. The summed E-state index contributed by atoms with van der Waals surface area (Å²) in [5.74, 6) is 0. The lowest BCUT2D eigenvalue weighted by Crippen LogP contribution is -2.16. The number of hydrogen-bond acceptors (Lipinski definition) is 2. The molecule has 2 rings (SSSR count). The molecule has 0 amide bonds. The Morgan fingerprint density at radius 3 is 2.53 bits per heavy atom. The Bertz CT molecular complexity index is 503. The first kappa shape index (κ1) is 10.5. The number of aromatic nitrogens is 1. The summed E-state index contributed by atoms with van der Waals surface area (Å²) in [6, 6.07) is 11.4. The first-order valence-electron chi connectivity index (χ1n) is 4.62. The van der Waals surface area contributed by atoms with Crippen molar-refractivity contribution < 1.29 is 0 Å². The Labute approximate surface area is 96.9 Å². The molecular weight excluding hydrogens is 230 g/mol. The lowest BCUT2D eigenvalue weighted by Gasteiger charge is -2.11. The SMILES string of the molecule is C[C@H](c1ccccc1)n1sc(Cl)cc1=O. The van der Waals surface area contributed by atoms with Gasteiger partial charge in [0.1, 0.15) is 4.34 Å². The van der Waals surface area contributed by atoms with E-state index in [9.17, 15) is 4.79 Å². The van der Waals surface area contributed by atoms with Gasteiger partial charge in [0.15, 0.2) is 0 Å². The molecule has 0 aliphatic rings. The van der Waals surface area contributed by atoms with E-state index in [2.05, 4.69) is 0 Å². The van der Waals surface area contributed by atoms with E-state index in [1.807, 2.05) is 37.3 Å². The largest absolute Gasteiger partial charge is 0.268 e. The maximum atomic E-state index is 11.5. The molecule has 0 bridgehead atoms. The second kappa shape index (κ2) is 4.21. The van der Waals surface area contributed by atoms with Crippen LogP contribution in [0.15, 0.2) is 41.2 Å². The van der Waals surface area contributed by atoms with Crippen molar-refractivity contribution in [1.29, 1.82) is 0 Å². The van der Waals surface area contributed by atoms with E-state index in [-0.39, 0.29) is 11.6 Å². The van der Waals surface area contributed by atoms with E-state index in [0.29, 0.717) is 4.34 Å². The van der Waals surface area contributed by atoms with Crippen LogP contribution in [0.1, 0.15) is 18.5 Å². The van der Waals surface area contributed by atoms with E-state index in [1.54, 1.807) is 3.96 Å². The summed E-state index contributed by atoms with van der Waals surface area (Å²) in [5.41, 5.74) is 1.07. The molecule has 0 fully saturated rings. The summed E-state index contributed by atoms with van der Waals surface area (Å²) in [6.07, 6.45) is 0. The minimum atomic E-state index is -0.0404. The van der Waals surface area contributed by atoms with Gasteiger partial charge in [-0.15, -0.1) is 0 Å². The summed E-state index contributed by atoms with van der Waals surface area (Å²) >= 11 is 7.08. The summed E-state index contributed by atoms with van der Waals surface area (Å²) in [4.78, 5) is 11.5. The van der Waals surface area contributed by atoms with Crippen molar-refractivity contribution in [2.75, 3.05) is 0 Å². The van der Waals surface area contributed by atoms with E-state index in [4.69, 9.17) is 11.6 Å². The fraction of sp³-hybridized carbons (Fsp3) is 0.182. The van der Waals surface area contributed by atoms with E-state index in [0.717, 1.165) is 5.56 Å². The number of nitrogens with zero attached hydrogens (tertiary/aromatic N) is 1. The molecule has 4 heteroatoms. The van der Waals surface area contributed by atoms with Gasteiger partial charge in [-0.2, -0.15) is 0 Å². The molecule has 0 radical (unpaired) electrons. The Morgan fingerprint density at radius 1 is 1.33 bits per heavy atom. The maximum absolute atomic E-state index is 11.5. The quantitative estimate of drug-likeness (QED) is 0.789. The van der Waals surface area contributed by atoms with Crippen LogP contribution in [0.5, 0.6) is 0 Å². The first-order valence-corrected chi connectivity index (χ1v) is 5.77. The Hall–Kier alpha value is -1.06. The van der Waals surface area contributed by atoms with E-state index in [1.165, 1.54) is 17.6 Å². The molecule has 1 heterocycles. The number of halogens is 1. The second-order valence-corrected chi connectivity index (χ2v) is 4.94. The lowest BCUT2D eigenvalue weighted by molar-refractivity contribution is 0.675. The fourth-order valence-corrected chi connectivity index (χ4v) is 2.54. The molecule has 0 aliphatic carbocycles. The summed E-state index contributed by atoms with van der Waals surface area (Å²) in [7, 11) is 0. The fourth-order valence-electron chi connectivity index (χ4n) is 1.46. The monoisotopic (exact) mass is 239 g/mol. The molecule has 0 spiro atoms. The molecule has 0 aliphatic heterocycles. The van der Waals surface area contributed by atoms with Crippen LogP contribution in [0.4, 0.5) is 0 Å². The second-order valence-electron chi connectivity index (χ2n) is 3.29. The van der Waals surface area contributed by atoms with Crippen LogP contribution in [-0.4, -0.2) is 3.96 Å². The van der Waals surface area contributed by atoms with Crippen LogP contribution in [0.2, 0.25) is 4.34 Å². The van der Waals surface area contributed by atoms with E-state index < -0.39 is 0 Å². The first-order chi connectivity index (χ1) is 7.18. The highest BCUT2D eigenvalue weighted by Crippen LogP contribution is 2.21. The third-order valence-corrected chi connectivity index (χ3v) is 3.57. The van der Waals surface area contributed by atoms with Gasteiger partial charge in [0.25, 0.3) is 5.56 Å². The smallest absolute Gasteiger partial charge is 0.262 e. The van der Waals surface area contributed by atoms with E-state index >= 15 is 0 Å². The predicted molar refractivity (Wildman–Crippen MR) is 63.8 cm³/mol. The molecule has 2 nitrogen and oxygen atoms in total. The zero-order valence-corrected chi connectivity index (χ0v) is 9.76. The minimum Gasteiger partial charge on any atom is -0.268 e. The van der Waals surface area contributed by atoms with Crippen LogP contribution < -0.4 is 5.56 Å². The standard InChI is InChI=1S/C11H10ClNOS/c1-8(9-5-3-2-4-6-9)13-11(14)7-10(12)15-13/h2-8H,1H3/t8-/m1/s1. The predicted octanol–water partition coefficient (Wildman–Crippen LogP) is 3.17. The van der Waals surface area contributed by atoms with Gasteiger partial charge in [0, 0.05) is 6.07 Å². The van der Waals surface area contributed by atoms with Crippen LogP contribution in [-0.2, 0) is 0 Å². The van der Waals surface area contributed by atoms with Crippen LogP contribution in [0.3, 0.4) is 0 Å². The third kappa shape index (κ3) is 2.13. The van der Waals surface area contributed by atoms with Gasteiger partial charge >= 0.3 is 0 Å². The van der Waals surface area contributed by atoms with Crippen molar-refractivity contribution in [3.8, 4) is 0 Å². The summed E-state index contributed by atoms with van der Waals surface area (Å²) in [5, 5.41) is 0. The highest BCUT2D eigenvalue weighted by molar-refractivity contribution is 7.11. The van der Waals surface area contributed by atoms with Crippen molar-refractivity contribution in [3.05, 3.63) is 56.7 Å². The van der Waals surface area contributed by atoms with Gasteiger partial charge < -0.3 is 0 Å². The molecule has 1 atom stereocenters. The highest BCUT2D eigenvalue weighted by Gasteiger charge is 2.11. The molecule has 15 heavy (non-hydrogen) atoms. The van der Waals surface area contributed by atoms with Crippen molar-refractivity contribution >= 4 is 23.1 Å². The van der Waals surface area contributed by atoms with Gasteiger partial charge in [0.2, 0.25) is 0 Å². The van der Waals surface area contributed by atoms with Crippen molar-refractivity contribution in [2.45, 2.75) is 13.0 Å². The normalized spacial score (nSPS) is 12.7. The van der Waals surface area contributed by atoms with Gasteiger partial charge in [-0.25, -0.2) is 0 Å². The van der Waals surface area contributed by atoms with Crippen LogP contribution >= 0.6 is 23.1 Å². The van der Waals surface area contributed by atoms with Gasteiger partial charge in [-0.05, 0) is 24.0 Å². The molecule has 1 aromatic carbocycles. The molecule has 0 saturated carbocycles. The zero-order valence-electron chi connectivity index (χ0n) is 8.18. The molecular formula is C11H10ClNOS. The third-order valence-electron chi connectivity index (χ3n) is 2.27. The van der Waals surface area contributed by atoms with Crippen LogP contribution in [0, 0.1) is 0 Å². The summed E-state index contributed by atoms with van der Waals surface area (Å²) in [6.45, 7) is 1.99. The minimum absolute atomic E-state index is 0.0381. The Morgan fingerprint density at radius 2 is 2.00 bits per heavy atom. The number of rotatable bonds is 2. The lowest BCUT2D eigenvalue weighted by atomic mass is 10.1. The average Bonchev–Trinajstić information content (AvgIpc) is 2.58. The Balaban J connectivity index is 2.41. The maximum Gasteiger partial charge on any atom is 0.262 e. The van der Waals surface area contributed by atoms with Crippen LogP contribution in [0.25, 0.3) is 0 Å². The summed E-state index contributed by atoms with van der Waals surface area (Å²) < 4.78 is 2.21. The number of benzene rings is 1. The average molecular weight is 240 g/mol. The molecule has 0 unspecified atom stereocenters. The van der Waals surface area contributed by atoms with Crippen molar-refractivity contribution in [2.24, 2.45) is 0 Å². The molecule has 0 saturated heterocycles. The van der Waals surface area contributed by atoms with Gasteiger partial charge in [0.05, 0.1) is 6.04 Å². The molecule has 78 valence electrons. The highest BCUT2D eigenvalue weighted by atomic mass is 35.5. The van der Waals surface area contributed by atoms with Gasteiger partial charge in [-0.3, -0.25) is 8.75 Å². The zero-order chi connectivity index (χ0) is 10.8. The molecule has 2 aromatic rings. The van der Waals surface area contributed by atoms with Crippen molar-refractivity contribution in [1.82, 2.24) is 3.96 Å². The van der Waals surface area contributed by atoms with Crippen molar-refractivity contribution in [3.63, 3.8) is 0 Å². The number of hydrogen-bond donors (Lipinski definition) is 0. The topological polar surface area (TPSA) is 22.0 Å². The molecule has 1 aromatic heterocycles. The van der Waals surface area contributed by atoms with Gasteiger partial charge in [-0.1, -0.05) is 41.9 Å².